The van der Waals surface area contributed by atoms with Crippen LogP contribution in [0.4, 0.5) is 0 Å². The van der Waals surface area contributed by atoms with E-state index in [2.05, 4.69) is 36.2 Å². The Morgan fingerprint density at radius 3 is 2.02 bits per heavy atom. The van der Waals surface area contributed by atoms with Crippen LogP contribution in [0.25, 0.3) is 21.8 Å². The van der Waals surface area contributed by atoms with Gasteiger partial charge in [0.1, 0.15) is 23.9 Å². The molecule has 0 aliphatic rings. The second-order valence-corrected chi connectivity index (χ2v) is 16.8. The summed E-state index contributed by atoms with van der Waals surface area (Å²) in [5.41, 5.74) is 14.9. The number of fused-ring (bicyclic) bond motifs is 2. The molecule has 0 fully saturated rings. The van der Waals surface area contributed by atoms with E-state index in [0.29, 0.717) is 22.0 Å². The predicted octanol–water partition coefficient (Wildman–Crippen LogP) is 4.25. The molecule has 6 aromatic rings. The molecule has 326 valence electrons. The minimum Gasteiger partial charge on any atom is -0.508 e. The van der Waals surface area contributed by atoms with Crippen molar-refractivity contribution in [3.05, 3.63) is 131 Å². The number of nitrogens with zero attached hydrogens (tertiary/aromatic N) is 1. The summed E-state index contributed by atoms with van der Waals surface area (Å²) in [5.74, 6) is -3.24. The summed E-state index contributed by atoms with van der Waals surface area (Å²) in [6.45, 7) is 8.25. The zero-order valence-corrected chi connectivity index (χ0v) is 36.1. The molecular weight excluding hydrogens is 810 g/mol. The maximum Gasteiger partial charge on any atom is 0.243 e. The van der Waals surface area contributed by atoms with Crippen molar-refractivity contribution >= 4 is 62.9 Å². The average Bonchev–Trinajstić information content (AvgIpc) is 3.83. The number of carbonyl (C=O) groups excluding carboxylic acids is 5. The highest BCUT2D eigenvalue weighted by Gasteiger charge is 2.42. The number of rotatable bonds is 16. The van der Waals surface area contributed by atoms with Crippen molar-refractivity contribution in [3.8, 4) is 5.75 Å². The third-order valence-corrected chi connectivity index (χ3v) is 11.2. The van der Waals surface area contributed by atoms with E-state index < -0.39 is 65.2 Å². The number of benzene rings is 3. The van der Waals surface area contributed by atoms with Gasteiger partial charge in [-0.3, -0.25) is 29.0 Å². The van der Waals surface area contributed by atoms with Crippen LogP contribution in [-0.4, -0.2) is 79.8 Å². The monoisotopic (exact) mass is 863 g/mol. The number of aromatic hydroxyl groups is 1. The van der Waals surface area contributed by atoms with Crippen molar-refractivity contribution in [2.45, 2.75) is 77.5 Å². The molecular formula is C46H54ClN9O6. The number of hydrogen-bond donors (Lipinski definition) is 9. The minimum atomic E-state index is -1.18. The Morgan fingerprint density at radius 1 is 0.758 bits per heavy atom. The van der Waals surface area contributed by atoms with Crippen LogP contribution in [0.5, 0.6) is 5.75 Å². The van der Waals surface area contributed by atoms with Crippen molar-refractivity contribution in [1.82, 2.24) is 36.2 Å². The molecule has 3 aromatic heterocycles. The molecule has 11 N–H and O–H groups in total. The summed E-state index contributed by atoms with van der Waals surface area (Å²) in [7, 11) is 0. The van der Waals surface area contributed by atoms with Crippen LogP contribution in [0.2, 0.25) is 5.02 Å². The molecule has 3 atom stereocenters. The highest BCUT2D eigenvalue weighted by atomic mass is 35.5. The first-order valence-electron chi connectivity index (χ1n) is 20.0. The predicted molar refractivity (Wildman–Crippen MR) is 240 cm³/mol. The number of H-pyrrole nitrogens is 2. The molecule has 5 amide bonds. The second kappa shape index (κ2) is 20.2. The standard InChI is InChI=1S/C39H47N9O6.C7H7Cl/c1-38(2,39(3,4)41)37(54)48-32(16-24-20-44-29-12-11-25(49)17-27(24)29)35(52)45-21-33(50)46-31(14-22-8-7-13-42-18-22)36(53)47-30(34(40)51)15-23-19-43-28-10-6-5-9-26(23)28;1-6-2-4-7(8)5-3-6/h5-13,17-20,30-32,43-44,49H,14-16,21,41H2,1-4H3,(H2,40,51)(H,45,52)(H,46,50)(H,47,53)(H,48,54);2-5H,1H3/t30-,31+,32+;/m1./s1. The summed E-state index contributed by atoms with van der Waals surface area (Å²) >= 11 is 5.61. The number of nitrogens with one attached hydrogen (secondary N) is 6. The zero-order valence-electron chi connectivity index (χ0n) is 35.3. The second-order valence-electron chi connectivity index (χ2n) is 16.3. The summed E-state index contributed by atoms with van der Waals surface area (Å²) in [6.07, 6.45) is 6.69. The van der Waals surface area contributed by atoms with Crippen molar-refractivity contribution in [1.29, 1.82) is 0 Å². The number of phenolic OH excluding ortho intramolecular Hbond substituents is 1. The number of phenols is 1. The Kier molecular flexibility index (Phi) is 15.1. The molecule has 0 bridgehead atoms. The van der Waals surface area contributed by atoms with Gasteiger partial charge in [-0.1, -0.05) is 53.6 Å². The summed E-state index contributed by atoms with van der Waals surface area (Å²) < 4.78 is 0. The van der Waals surface area contributed by atoms with E-state index in [-0.39, 0.29) is 25.0 Å². The first kappa shape index (κ1) is 46.4. The Balaban J connectivity index is 0.000000814. The molecule has 0 saturated carbocycles. The van der Waals surface area contributed by atoms with Crippen molar-refractivity contribution in [3.63, 3.8) is 0 Å². The fourth-order valence-corrected chi connectivity index (χ4v) is 6.57. The van der Waals surface area contributed by atoms with Gasteiger partial charge in [-0.2, -0.15) is 0 Å². The van der Waals surface area contributed by atoms with Crippen molar-refractivity contribution < 1.29 is 29.1 Å². The number of nitrogens with two attached hydrogens (primary N) is 2. The lowest BCUT2D eigenvalue weighted by Gasteiger charge is -2.37. The van der Waals surface area contributed by atoms with E-state index in [1.807, 2.05) is 55.5 Å². The highest BCUT2D eigenvalue weighted by molar-refractivity contribution is 6.30. The maximum absolute atomic E-state index is 13.7. The summed E-state index contributed by atoms with van der Waals surface area (Å²) in [4.78, 5) is 77.2. The Labute approximate surface area is 364 Å². The summed E-state index contributed by atoms with van der Waals surface area (Å²) in [5, 5.41) is 23.2. The normalized spacial score (nSPS) is 13.0. The smallest absolute Gasteiger partial charge is 0.243 e. The number of aromatic amines is 2. The van der Waals surface area contributed by atoms with Gasteiger partial charge in [0.25, 0.3) is 0 Å². The number of aryl methyl sites for hydroxylation is 1. The molecule has 62 heavy (non-hydrogen) atoms. The third kappa shape index (κ3) is 12.2. The molecule has 3 aromatic carbocycles. The highest BCUT2D eigenvalue weighted by Crippen LogP contribution is 2.29. The van der Waals surface area contributed by atoms with Crippen LogP contribution >= 0.6 is 11.6 Å². The van der Waals surface area contributed by atoms with Crippen LogP contribution in [0.1, 0.15) is 49.9 Å². The lowest BCUT2D eigenvalue weighted by Crippen LogP contribution is -2.60. The number of amides is 5. The summed E-state index contributed by atoms with van der Waals surface area (Å²) in [6, 6.07) is 20.0. The van der Waals surface area contributed by atoms with Crippen LogP contribution in [0.3, 0.4) is 0 Å². The number of hydrogen-bond acceptors (Lipinski definition) is 8. The third-order valence-electron chi connectivity index (χ3n) is 11.0. The van der Waals surface area contributed by atoms with Crippen LogP contribution in [-0.2, 0) is 43.2 Å². The van der Waals surface area contributed by atoms with E-state index >= 15 is 0 Å². The largest absolute Gasteiger partial charge is 0.508 e. The van der Waals surface area contributed by atoms with Crippen molar-refractivity contribution in [2.24, 2.45) is 16.9 Å². The molecule has 0 saturated heterocycles. The van der Waals surface area contributed by atoms with Gasteiger partial charge in [0.05, 0.1) is 12.0 Å². The molecule has 16 heteroatoms. The van der Waals surface area contributed by atoms with Gasteiger partial charge in [-0.25, -0.2) is 0 Å². The molecule has 0 spiro atoms. The molecule has 6 rings (SSSR count). The van der Waals surface area contributed by atoms with Gasteiger partial charge in [0.15, 0.2) is 0 Å². The van der Waals surface area contributed by atoms with Crippen LogP contribution in [0.15, 0.2) is 104 Å². The van der Waals surface area contributed by atoms with Gasteiger partial charge < -0.3 is 47.8 Å². The van der Waals surface area contributed by atoms with Gasteiger partial charge in [-0.05, 0) is 93.8 Å². The molecule has 3 heterocycles. The van der Waals surface area contributed by atoms with E-state index in [1.165, 1.54) is 11.6 Å². The maximum atomic E-state index is 13.7. The quantitative estimate of drug-likeness (QED) is 0.0679. The Morgan fingerprint density at radius 2 is 1.39 bits per heavy atom. The number of halogens is 1. The lowest BCUT2D eigenvalue weighted by atomic mass is 9.74. The van der Waals surface area contributed by atoms with Crippen LogP contribution in [0, 0.1) is 12.3 Å². The first-order chi connectivity index (χ1) is 29.3. The fourth-order valence-electron chi connectivity index (χ4n) is 6.44. The Hall–Kier alpha value is -6.71. The van der Waals surface area contributed by atoms with Gasteiger partial charge in [0, 0.05) is 76.4 Å². The minimum absolute atomic E-state index is 0.0146. The van der Waals surface area contributed by atoms with Gasteiger partial charge >= 0.3 is 0 Å². The number of pyridine rings is 1. The lowest BCUT2D eigenvalue weighted by molar-refractivity contribution is -0.136. The molecule has 0 radical (unpaired) electrons. The first-order valence-corrected chi connectivity index (χ1v) is 20.4. The van der Waals surface area contributed by atoms with E-state index in [0.717, 1.165) is 21.5 Å². The molecule has 15 nitrogen and oxygen atoms in total. The van der Waals surface area contributed by atoms with E-state index in [9.17, 15) is 29.1 Å². The fraction of sp³-hybridized carbons (Fsp3) is 0.304. The SMILES string of the molecule is CC(C)(N)C(C)(C)C(=O)N[C@@H](Cc1c[nH]c2ccc(O)cc12)C(=O)NCC(=O)N[C@@H](Cc1cccnc1)C(=O)N[C@H](Cc1c[nH]c2ccccc12)C(N)=O.Cc1ccc(Cl)cc1. The molecule has 0 unspecified atom stereocenters. The average molecular weight is 864 g/mol. The number of aromatic nitrogens is 3. The van der Waals surface area contributed by atoms with E-state index in [1.54, 1.807) is 76.7 Å². The Bertz CT molecular complexity index is 2490. The van der Waals surface area contributed by atoms with Crippen molar-refractivity contribution in [2.75, 3.05) is 6.54 Å². The molecule has 0 aliphatic heterocycles. The van der Waals surface area contributed by atoms with Gasteiger partial charge in [-0.15, -0.1) is 0 Å². The topological polar surface area (TPSA) is 250 Å². The number of carbonyl (C=O) groups is 5. The number of primary amides is 1. The van der Waals surface area contributed by atoms with Gasteiger partial charge in [0.2, 0.25) is 29.5 Å². The number of para-hydroxylation sites is 1. The molecule has 0 aliphatic carbocycles. The van der Waals surface area contributed by atoms with Crippen LogP contribution < -0.4 is 32.7 Å². The van der Waals surface area contributed by atoms with E-state index in [4.69, 9.17) is 23.1 Å². The zero-order chi connectivity index (χ0) is 45.2.